The van der Waals surface area contributed by atoms with Crippen molar-refractivity contribution in [1.82, 2.24) is 5.32 Å². The largest absolute Gasteiger partial charge is 0.391 e. The van der Waals surface area contributed by atoms with Gasteiger partial charge in [0.1, 0.15) is 5.69 Å². The van der Waals surface area contributed by atoms with Crippen LogP contribution in [0.25, 0.3) is 0 Å². The van der Waals surface area contributed by atoms with Gasteiger partial charge in [0.2, 0.25) is 0 Å². The topological polar surface area (TPSA) is 104 Å². The van der Waals surface area contributed by atoms with E-state index in [0.29, 0.717) is 0 Å². The van der Waals surface area contributed by atoms with Gasteiger partial charge in [-0.25, -0.2) is 0 Å². The molecule has 1 rings (SSSR count). The highest BCUT2D eigenvalue weighted by Gasteiger charge is 2.27. The van der Waals surface area contributed by atoms with Crippen LogP contribution in [0, 0.1) is 10.1 Å². The molecule has 1 unspecified atom stereocenters. The fourth-order valence-electron chi connectivity index (χ4n) is 1.53. The first-order valence-corrected chi connectivity index (χ1v) is 6.16. The predicted molar refractivity (Wildman–Crippen MR) is 75.9 cm³/mol. The first-order chi connectivity index (χ1) is 9.19. The standard InChI is InChI=1S/C13H19N3O4/c1-8(17)13(2,3)15-10-6-5-9(12(18)14-4)7-11(10)16(19)20/h5-8,15,17H,1-4H3,(H,14,18). The molecule has 0 aliphatic carbocycles. The summed E-state index contributed by atoms with van der Waals surface area (Å²) >= 11 is 0. The fraction of sp³-hybridized carbons (Fsp3) is 0.462. The van der Waals surface area contributed by atoms with Gasteiger partial charge < -0.3 is 15.7 Å². The molecule has 0 saturated carbocycles. The van der Waals surface area contributed by atoms with Gasteiger partial charge in [0.25, 0.3) is 11.6 Å². The highest BCUT2D eigenvalue weighted by Crippen LogP contribution is 2.29. The van der Waals surface area contributed by atoms with Crippen LogP contribution >= 0.6 is 0 Å². The molecule has 0 aromatic heterocycles. The number of hydrogen-bond acceptors (Lipinski definition) is 5. The number of carbonyl (C=O) groups is 1. The Morgan fingerprint density at radius 3 is 2.50 bits per heavy atom. The molecule has 0 radical (unpaired) electrons. The number of carbonyl (C=O) groups excluding carboxylic acids is 1. The van der Waals surface area contributed by atoms with Gasteiger partial charge in [0.05, 0.1) is 16.6 Å². The van der Waals surface area contributed by atoms with Crippen LogP contribution in [0.4, 0.5) is 11.4 Å². The first kappa shape index (κ1) is 15.9. The van der Waals surface area contributed by atoms with Crippen molar-refractivity contribution < 1.29 is 14.8 Å². The lowest BCUT2D eigenvalue weighted by Gasteiger charge is -2.30. The Kier molecular flexibility index (Phi) is 4.67. The van der Waals surface area contributed by atoms with Gasteiger partial charge in [-0.2, -0.15) is 0 Å². The van der Waals surface area contributed by atoms with Gasteiger partial charge in [0.15, 0.2) is 0 Å². The minimum atomic E-state index is -0.737. The van der Waals surface area contributed by atoms with Gasteiger partial charge >= 0.3 is 0 Å². The first-order valence-electron chi connectivity index (χ1n) is 6.16. The molecule has 0 heterocycles. The maximum Gasteiger partial charge on any atom is 0.293 e. The summed E-state index contributed by atoms with van der Waals surface area (Å²) in [6.07, 6.45) is -0.708. The number of amides is 1. The van der Waals surface area contributed by atoms with Crippen molar-refractivity contribution in [3.8, 4) is 0 Å². The lowest BCUT2D eigenvalue weighted by atomic mass is 9.98. The molecule has 0 aliphatic heterocycles. The molecule has 0 saturated heterocycles. The van der Waals surface area contributed by atoms with Crippen LogP contribution in [0.5, 0.6) is 0 Å². The molecule has 1 amide bonds. The average molecular weight is 281 g/mol. The molecule has 110 valence electrons. The van der Waals surface area contributed by atoms with E-state index in [1.807, 2.05) is 0 Å². The number of nitro benzene ring substituents is 1. The molecule has 1 aromatic carbocycles. The Balaban J connectivity index is 3.21. The number of hydrogen-bond donors (Lipinski definition) is 3. The minimum Gasteiger partial charge on any atom is -0.391 e. The van der Waals surface area contributed by atoms with Crippen molar-refractivity contribution in [3.05, 3.63) is 33.9 Å². The zero-order chi connectivity index (χ0) is 15.5. The van der Waals surface area contributed by atoms with Crippen LogP contribution in [0.15, 0.2) is 18.2 Å². The van der Waals surface area contributed by atoms with Crippen molar-refractivity contribution in [3.63, 3.8) is 0 Å². The van der Waals surface area contributed by atoms with Crippen molar-refractivity contribution in [2.45, 2.75) is 32.4 Å². The molecule has 1 aromatic rings. The third-order valence-electron chi connectivity index (χ3n) is 3.18. The summed E-state index contributed by atoms with van der Waals surface area (Å²) in [7, 11) is 1.46. The van der Waals surface area contributed by atoms with E-state index < -0.39 is 22.5 Å². The van der Waals surface area contributed by atoms with Crippen LogP contribution in [0.3, 0.4) is 0 Å². The molecule has 0 fully saturated rings. The lowest BCUT2D eigenvalue weighted by Crippen LogP contribution is -2.42. The number of nitro groups is 1. The second-order valence-electron chi connectivity index (χ2n) is 5.09. The highest BCUT2D eigenvalue weighted by molar-refractivity contribution is 5.95. The van der Waals surface area contributed by atoms with Crippen molar-refractivity contribution in [2.24, 2.45) is 0 Å². The van der Waals surface area contributed by atoms with E-state index >= 15 is 0 Å². The van der Waals surface area contributed by atoms with Gasteiger partial charge in [0, 0.05) is 18.7 Å². The summed E-state index contributed by atoms with van der Waals surface area (Å²) in [6.45, 7) is 5.06. The van der Waals surface area contributed by atoms with Crippen molar-refractivity contribution >= 4 is 17.3 Å². The number of rotatable bonds is 5. The quantitative estimate of drug-likeness (QED) is 0.560. The third-order valence-corrected chi connectivity index (χ3v) is 3.18. The fourth-order valence-corrected chi connectivity index (χ4v) is 1.53. The number of benzene rings is 1. The van der Waals surface area contributed by atoms with E-state index in [4.69, 9.17) is 0 Å². The Labute approximate surface area is 117 Å². The van der Waals surface area contributed by atoms with Gasteiger partial charge in [-0.1, -0.05) is 0 Å². The highest BCUT2D eigenvalue weighted by atomic mass is 16.6. The molecule has 7 nitrogen and oxygen atoms in total. The lowest BCUT2D eigenvalue weighted by molar-refractivity contribution is -0.384. The SMILES string of the molecule is CNC(=O)c1ccc(NC(C)(C)C(C)O)c([N+](=O)[O-])c1. The van der Waals surface area contributed by atoms with Crippen LogP contribution in [-0.2, 0) is 0 Å². The normalized spacial score (nSPS) is 12.7. The average Bonchev–Trinajstić information content (AvgIpc) is 2.37. The Morgan fingerprint density at radius 2 is 2.05 bits per heavy atom. The summed E-state index contributed by atoms with van der Waals surface area (Å²) in [5, 5.41) is 26.1. The number of aliphatic hydroxyl groups is 1. The molecular weight excluding hydrogens is 262 g/mol. The number of nitrogens with zero attached hydrogens (tertiary/aromatic N) is 1. The maximum absolute atomic E-state index is 11.5. The van der Waals surface area contributed by atoms with E-state index in [1.54, 1.807) is 20.8 Å². The van der Waals surface area contributed by atoms with E-state index in [0.717, 1.165) is 0 Å². The summed E-state index contributed by atoms with van der Waals surface area (Å²) in [4.78, 5) is 22.0. The molecule has 0 spiro atoms. The monoisotopic (exact) mass is 281 g/mol. The van der Waals surface area contributed by atoms with Gasteiger partial charge in [-0.05, 0) is 32.9 Å². The van der Waals surface area contributed by atoms with Crippen LogP contribution < -0.4 is 10.6 Å². The summed E-state index contributed by atoms with van der Waals surface area (Å²) in [6, 6.07) is 4.17. The summed E-state index contributed by atoms with van der Waals surface area (Å²) in [5.74, 6) is -0.394. The van der Waals surface area contributed by atoms with Crippen LogP contribution in [0.2, 0.25) is 0 Å². The summed E-state index contributed by atoms with van der Waals surface area (Å²) in [5.41, 5.74) is -0.479. The number of anilines is 1. The van der Waals surface area contributed by atoms with E-state index in [-0.39, 0.29) is 16.9 Å². The molecule has 3 N–H and O–H groups in total. The second-order valence-corrected chi connectivity index (χ2v) is 5.09. The molecule has 0 aliphatic rings. The molecular formula is C13H19N3O4. The van der Waals surface area contributed by atoms with Gasteiger partial charge in [-0.3, -0.25) is 14.9 Å². The Bertz CT molecular complexity index is 526. The van der Waals surface area contributed by atoms with E-state index in [9.17, 15) is 20.0 Å². The Hall–Kier alpha value is -2.15. The molecule has 1 atom stereocenters. The van der Waals surface area contributed by atoms with E-state index in [2.05, 4.69) is 10.6 Å². The molecule has 0 bridgehead atoms. The second kappa shape index (κ2) is 5.87. The minimum absolute atomic E-state index is 0.208. The third kappa shape index (κ3) is 3.45. The zero-order valence-corrected chi connectivity index (χ0v) is 11.9. The Morgan fingerprint density at radius 1 is 1.45 bits per heavy atom. The molecule has 20 heavy (non-hydrogen) atoms. The maximum atomic E-state index is 11.5. The van der Waals surface area contributed by atoms with Gasteiger partial charge in [-0.15, -0.1) is 0 Å². The smallest absolute Gasteiger partial charge is 0.293 e. The van der Waals surface area contributed by atoms with Crippen LogP contribution in [-0.4, -0.2) is 34.6 Å². The van der Waals surface area contributed by atoms with Crippen LogP contribution in [0.1, 0.15) is 31.1 Å². The van der Waals surface area contributed by atoms with Crippen molar-refractivity contribution in [1.29, 1.82) is 0 Å². The number of aliphatic hydroxyl groups excluding tert-OH is 1. The zero-order valence-electron chi connectivity index (χ0n) is 11.9. The van der Waals surface area contributed by atoms with E-state index in [1.165, 1.54) is 25.2 Å². The summed E-state index contributed by atoms with van der Waals surface area (Å²) < 4.78 is 0. The number of nitrogens with one attached hydrogen (secondary N) is 2. The van der Waals surface area contributed by atoms with Crippen molar-refractivity contribution in [2.75, 3.05) is 12.4 Å². The predicted octanol–water partition coefficient (Wildman–Crippen LogP) is 1.53. The molecule has 7 heteroatoms.